The molecule has 3 aliphatic rings. The van der Waals surface area contributed by atoms with Gasteiger partial charge in [-0.15, -0.1) is 0 Å². The summed E-state index contributed by atoms with van der Waals surface area (Å²) in [6.45, 7) is 4.86. The smallest absolute Gasteiger partial charge is 0.350 e. The molecule has 0 radical (unpaired) electrons. The van der Waals surface area contributed by atoms with Crippen molar-refractivity contribution in [2.75, 3.05) is 38.0 Å². The first-order chi connectivity index (χ1) is 16.2. The summed E-state index contributed by atoms with van der Waals surface area (Å²) in [4.78, 5) is 17.2. The number of fused-ring (bicyclic) bond motifs is 2. The Morgan fingerprint density at radius 3 is 2.73 bits per heavy atom. The minimum Gasteiger partial charge on any atom is -0.450 e. The van der Waals surface area contributed by atoms with E-state index >= 15 is 0 Å². The Labute approximate surface area is 195 Å². The molecule has 1 saturated carbocycles. The summed E-state index contributed by atoms with van der Waals surface area (Å²) in [7, 11) is 0. The minimum atomic E-state index is -0.202. The molecular weight excluding hydrogens is 416 g/mol. The third-order valence-corrected chi connectivity index (χ3v) is 7.41. The molecule has 0 spiro atoms. The molecule has 0 bridgehead atoms. The van der Waals surface area contributed by atoms with Crippen LogP contribution in [-0.2, 0) is 0 Å². The van der Waals surface area contributed by atoms with Crippen molar-refractivity contribution < 1.29 is 4.74 Å². The van der Waals surface area contributed by atoms with Crippen LogP contribution in [0.2, 0.25) is 0 Å². The molecule has 5 rings (SSSR count). The fraction of sp³-hybridized carbons (Fsp3) is 0.600. The molecule has 2 aliphatic heterocycles. The number of anilines is 2. The molecule has 1 saturated heterocycles. The topological polar surface area (TPSA) is 106 Å². The van der Waals surface area contributed by atoms with E-state index in [1.807, 2.05) is 12.3 Å². The van der Waals surface area contributed by atoms with E-state index in [0.29, 0.717) is 23.4 Å². The fourth-order valence-corrected chi connectivity index (χ4v) is 5.43. The Morgan fingerprint density at radius 2 is 1.94 bits per heavy atom. The van der Waals surface area contributed by atoms with Gasteiger partial charge in [-0.25, -0.2) is 4.79 Å². The van der Waals surface area contributed by atoms with Crippen LogP contribution < -0.4 is 32.1 Å². The molecule has 1 aromatic heterocycles. The third kappa shape index (κ3) is 5.08. The van der Waals surface area contributed by atoms with Crippen LogP contribution in [0.15, 0.2) is 29.2 Å². The summed E-state index contributed by atoms with van der Waals surface area (Å²) < 4.78 is 7.97. The van der Waals surface area contributed by atoms with E-state index in [0.717, 1.165) is 89.1 Å². The lowest BCUT2D eigenvalue weighted by molar-refractivity contribution is 0.261. The van der Waals surface area contributed by atoms with E-state index in [2.05, 4.69) is 33.1 Å². The SMILES string of the molecule is NCCCNCC1CCC(n2cc3c(nc2=O)Nc2cc(C4CCNCC4)ccc2O3)CC1. The van der Waals surface area contributed by atoms with Crippen LogP contribution in [-0.4, -0.2) is 42.3 Å². The maximum absolute atomic E-state index is 12.9. The van der Waals surface area contributed by atoms with Crippen LogP contribution in [0.3, 0.4) is 0 Å². The second-order valence-corrected chi connectivity index (χ2v) is 9.67. The van der Waals surface area contributed by atoms with E-state index < -0.39 is 0 Å². The highest BCUT2D eigenvalue weighted by Gasteiger charge is 2.27. The highest BCUT2D eigenvalue weighted by atomic mass is 16.5. The van der Waals surface area contributed by atoms with Crippen molar-refractivity contribution >= 4 is 11.5 Å². The van der Waals surface area contributed by atoms with Gasteiger partial charge in [0.2, 0.25) is 0 Å². The van der Waals surface area contributed by atoms with Gasteiger partial charge in [0.1, 0.15) is 0 Å². The van der Waals surface area contributed by atoms with Gasteiger partial charge in [0.25, 0.3) is 0 Å². The maximum Gasteiger partial charge on any atom is 0.350 e. The van der Waals surface area contributed by atoms with Gasteiger partial charge in [0.05, 0.1) is 11.9 Å². The zero-order valence-corrected chi connectivity index (χ0v) is 19.3. The molecule has 1 aromatic carbocycles. The number of hydrogen-bond acceptors (Lipinski definition) is 7. The predicted molar refractivity (Wildman–Crippen MR) is 131 cm³/mol. The van der Waals surface area contributed by atoms with Gasteiger partial charge in [-0.1, -0.05) is 6.07 Å². The minimum absolute atomic E-state index is 0.183. The predicted octanol–water partition coefficient (Wildman–Crippen LogP) is 3.23. The van der Waals surface area contributed by atoms with Crippen LogP contribution in [0.5, 0.6) is 11.5 Å². The van der Waals surface area contributed by atoms with Gasteiger partial charge in [0, 0.05) is 6.04 Å². The van der Waals surface area contributed by atoms with Crippen molar-refractivity contribution in [2.24, 2.45) is 11.7 Å². The highest BCUT2D eigenvalue weighted by molar-refractivity contribution is 5.73. The Morgan fingerprint density at radius 1 is 1.12 bits per heavy atom. The first kappa shape index (κ1) is 22.4. The van der Waals surface area contributed by atoms with Crippen LogP contribution in [0, 0.1) is 5.92 Å². The van der Waals surface area contributed by atoms with Gasteiger partial charge in [0.15, 0.2) is 17.3 Å². The van der Waals surface area contributed by atoms with Crippen molar-refractivity contribution in [1.29, 1.82) is 0 Å². The van der Waals surface area contributed by atoms with Gasteiger partial charge in [-0.2, -0.15) is 4.98 Å². The van der Waals surface area contributed by atoms with Crippen molar-refractivity contribution in [3.05, 3.63) is 40.4 Å². The summed E-state index contributed by atoms with van der Waals surface area (Å²) in [5.74, 6) is 3.16. The molecule has 8 nitrogen and oxygen atoms in total. The van der Waals surface area contributed by atoms with Crippen LogP contribution in [0.25, 0.3) is 0 Å². The van der Waals surface area contributed by atoms with E-state index in [1.54, 1.807) is 4.57 Å². The van der Waals surface area contributed by atoms with E-state index in [9.17, 15) is 4.79 Å². The zero-order valence-electron chi connectivity index (χ0n) is 19.3. The Bertz CT molecular complexity index is 1010. The fourth-order valence-electron chi connectivity index (χ4n) is 5.43. The van der Waals surface area contributed by atoms with Gasteiger partial charge in [-0.3, -0.25) is 4.57 Å². The van der Waals surface area contributed by atoms with Crippen LogP contribution >= 0.6 is 0 Å². The Kier molecular flexibility index (Phi) is 6.94. The van der Waals surface area contributed by atoms with E-state index in [4.69, 9.17) is 10.5 Å². The molecule has 2 aromatic rings. The van der Waals surface area contributed by atoms with Crippen LogP contribution in [0.1, 0.15) is 62.5 Å². The molecule has 0 atom stereocenters. The highest BCUT2D eigenvalue weighted by Crippen LogP contribution is 2.42. The van der Waals surface area contributed by atoms with Crippen molar-refractivity contribution in [1.82, 2.24) is 20.2 Å². The standard InChI is InChI=1S/C25H36N6O2/c26-10-1-11-28-15-17-2-5-20(6-3-17)31-16-23-24(30-25(31)32)29-21-14-19(4-7-22(21)33-23)18-8-12-27-13-9-18/h4,7,14,16-18,20,27-28H,1-3,5-6,8-13,15,26H2,(H,29,30,32). The number of nitrogens with zero attached hydrogens (tertiary/aromatic N) is 2. The first-order valence-electron chi connectivity index (χ1n) is 12.5. The molecule has 1 aliphatic carbocycles. The number of piperidine rings is 1. The number of aromatic nitrogens is 2. The van der Waals surface area contributed by atoms with Crippen LogP contribution in [0.4, 0.5) is 11.5 Å². The van der Waals surface area contributed by atoms with Gasteiger partial charge >= 0.3 is 5.69 Å². The average molecular weight is 453 g/mol. The summed E-state index contributed by atoms with van der Waals surface area (Å²) in [5, 5.41) is 10.3. The van der Waals surface area contributed by atoms with Crippen molar-refractivity contribution in [3.8, 4) is 11.5 Å². The van der Waals surface area contributed by atoms with Crippen molar-refractivity contribution in [3.63, 3.8) is 0 Å². The van der Waals surface area contributed by atoms with E-state index in [1.165, 1.54) is 5.56 Å². The second kappa shape index (κ2) is 10.2. The summed E-state index contributed by atoms with van der Waals surface area (Å²) in [5.41, 5.74) is 7.57. The van der Waals surface area contributed by atoms with E-state index in [-0.39, 0.29) is 11.7 Å². The maximum atomic E-state index is 12.9. The molecule has 33 heavy (non-hydrogen) atoms. The summed E-state index contributed by atoms with van der Waals surface area (Å²) >= 11 is 0. The number of benzene rings is 1. The molecular formula is C25H36N6O2. The molecule has 2 fully saturated rings. The number of hydrogen-bond donors (Lipinski definition) is 4. The number of rotatable bonds is 7. The third-order valence-electron chi connectivity index (χ3n) is 7.41. The lowest BCUT2D eigenvalue weighted by atomic mass is 9.86. The molecule has 5 N–H and O–H groups in total. The average Bonchev–Trinajstić information content (AvgIpc) is 2.86. The number of nitrogens with one attached hydrogen (secondary N) is 3. The second-order valence-electron chi connectivity index (χ2n) is 9.67. The lowest BCUT2D eigenvalue weighted by Gasteiger charge is -2.31. The largest absolute Gasteiger partial charge is 0.450 e. The molecule has 8 heteroatoms. The Balaban J connectivity index is 1.25. The van der Waals surface area contributed by atoms with Gasteiger partial charge in [-0.05, 0) is 107 Å². The lowest BCUT2D eigenvalue weighted by Crippen LogP contribution is -2.33. The van der Waals surface area contributed by atoms with Gasteiger partial charge < -0.3 is 26.4 Å². The zero-order chi connectivity index (χ0) is 22.6. The normalized spacial score (nSPS) is 22.7. The summed E-state index contributed by atoms with van der Waals surface area (Å²) in [6.07, 6.45) is 9.38. The molecule has 0 unspecified atom stereocenters. The number of nitrogens with two attached hydrogens (primary N) is 1. The molecule has 0 amide bonds. The monoisotopic (exact) mass is 452 g/mol. The Hall–Kier alpha value is -2.42. The summed E-state index contributed by atoms with van der Waals surface area (Å²) in [6, 6.07) is 6.56. The molecule has 3 heterocycles. The first-order valence-corrected chi connectivity index (χ1v) is 12.5. The number of ether oxygens (including phenoxy) is 1. The quantitative estimate of drug-likeness (QED) is 0.408. The molecule has 178 valence electrons. The van der Waals surface area contributed by atoms with Crippen molar-refractivity contribution in [2.45, 2.75) is 56.9 Å².